The summed E-state index contributed by atoms with van der Waals surface area (Å²) in [6.45, 7) is 8.73. The van der Waals surface area contributed by atoms with Crippen molar-refractivity contribution in [2.75, 3.05) is 6.61 Å². The standard InChI is InChI=1S/C24H32O2/c1-4-17-8-12-19-21-13-16(3)7-11-20(21)24(23(19)22(17)14-25)26-18-9-5-15(2)6-10-18/h4-6,8-10,12,16-17,19-25H,1,7,11,13-14H2,2-3H3/t16-,17+,19+,20-,21+,22+,23+,24+/m1/s1. The van der Waals surface area contributed by atoms with Crippen molar-refractivity contribution < 1.29 is 9.84 Å². The summed E-state index contributed by atoms with van der Waals surface area (Å²) in [6, 6.07) is 8.44. The van der Waals surface area contributed by atoms with E-state index in [2.05, 4.69) is 56.8 Å². The highest BCUT2D eigenvalue weighted by molar-refractivity contribution is 5.28. The molecule has 1 aromatic rings. The van der Waals surface area contributed by atoms with Crippen molar-refractivity contribution in [3.05, 3.63) is 54.6 Å². The van der Waals surface area contributed by atoms with Crippen LogP contribution in [0.15, 0.2) is 49.1 Å². The summed E-state index contributed by atoms with van der Waals surface area (Å²) in [5, 5.41) is 10.2. The van der Waals surface area contributed by atoms with E-state index >= 15 is 0 Å². The smallest absolute Gasteiger partial charge is 0.119 e. The first-order valence-electron chi connectivity index (χ1n) is 10.3. The van der Waals surface area contributed by atoms with Crippen LogP contribution in [0.4, 0.5) is 0 Å². The number of aliphatic hydroxyl groups is 1. The second kappa shape index (κ2) is 7.23. The number of aryl methyl sites for hydroxylation is 1. The van der Waals surface area contributed by atoms with Crippen molar-refractivity contribution in [2.45, 2.75) is 39.2 Å². The fourth-order valence-electron chi connectivity index (χ4n) is 5.98. The molecule has 2 saturated carbocycles. The van der Waals surface area contributed by atoms with Crippen LogP contribution < -0.4 is 4.74 Å². The van der Waals surface area contributed by atoms with E-state index in [4.69, 9.17) is 4.74 Å². The maximum absolute atomic E-state index is 10.2. The molecule has 0 unspecified atom stereocenters. The minimum Gasteiger partial charge on any atom is -0.490 e. The number of hydrogen-bond donors (Lipinski definition) is 1. The van der Waals surface area contributed by atoms with Crippen LogP contribution in [-0.4, -0.2) is 17.8 Å². The van der Waals surface area contributed by atoms with Crippen LogP contribution in [0.2, 0.25) is 0 Å². The van der Waals surface area contributed by atoms with Gasteiger partial charge in [-0.05, 0) is 67.4 Å². The molecule has 0 spiro atoms. The van der Waals surface area contributed by atoms with Gasteiger partial charge in [0, 0.05) is 12.5 Å². The zero-order chi connectivity index (χ0) is 18.3. The highest BCUT2D eigenvalue weighted by Gasteiger charge is 2.56. The second-order valence-electron chi connectivity index (χ2n) is 8.84. The molecule has 4 rings (SSSR count). The van der Waals surface area contributed by atoms with Gasteiger partial charge in [-0.15, -0.1) is 6.58 Å². The highest BCUT2D eigenvalue weighted by Crippen LogP contribution is 2.57. The van der Waals surface area contributed by atoms with Gasteiger partial charge in [0.15, 0.2) is 0 Å². The number of benzene rings is 1. The van der Waals surface area contributed by atoms with Crippen LogP contribution >= 0.6 is 0 Å². The maximum Gasteiger partial charge on any atom is 0.119 e. The van der Waals surface area contributed by atoms with Gasteiger partial charge in [-0.25, -0.2) is 0 Å². The number of allylic oxidation sites excluding steroid dienone is 3. The third-order valence-corrected chi connectivity index (χ3v) is 7.28. The van der Waals surface area contributed by atoms with E-state index in [1.165, 1.54) is 24.8 Å². The molecular weight excluding hydrogens is 320 g/mol. The van der Waals surface area contributed by atoms with Crippen molar-refractivity contribution in [1.29, 1.82) is 0 Å². The average Bonchev–Trinajstić information content (AvgIpc) is 2.96. The molecule has 0 heterocycles. The fraction of sp³-hybridized carbons (Fsp3) is 0.583. The fourth-order valence-corrected chi connectivity index (χ4v) is 5.98. The molecule has 2 heteroatoms. The average molecular weight is 353 g/mol. The Morgan fingerprint density at radius 2 is 1.92 bits per heavy atom. The molecule has 140 valence electrons. The molecule has 0 amide bonds. The molecule has 3 aliphatic carbocycles. The Kier molecular flexibility index (Phi) is 4.96. The monoisotopic (exact) mass is 352 g/mol. The van der Waals surface area contributed by atoms with Gasteiger partial charge in [0.25, 0.3) is 0 Å². The van der Waals surface area contributed by atoms with E-state index in [-0.39, 0.29) is 24.5 Å². The predicted molar refractivity (Wildman–Crippen MR) is 106 cm³/mol. The Hall–Kier alpha value is -1.54. The molecule has 2 nitrogen and oxygen atoms in total. The number of aliphatic hydroxyl groups excluding tert-OH is 1. The minimum absolute atomic E-state index is 0.199. The third kappa shape index (κ3) is 3.03. The van der Waals surface area contributed by atoms with Gasteiger partial charge in [0.05, 0.1) is 0 Å². The Morgan fingerprint density at radius 1 is 1.15 bits per heavy atom. The van der Waals surface area contributed by atoms with Gasteiger partial charge in [0.1, 0.15) is 11.9 Å². The normalized spacial score (nSPS) is 41.3. The van der Waals surface area contributed by atoms with Crippen LogP contribution in [0.5, 0.6) is 5.75 Å². The van der Waals surface area contributed by atoms with E-state index in [1.807, 2.05) is 6.08 Å². The van der Waals surface area contributed by atoms with Crippen LogP contribution in [0.25, 0.3) is 0 Å². The summed E-state index contributed by atoms with van der Waals surface area (Å²) in [7, 11) is 0. The van der Waals surface area contributed by atoms with Crippen molar-refractivity contribution in [1.82, 2.24) is 0 Å². The molecule has 0 radical (unpaired) electrons. The van der Waals surface area contributed by atoms with E-state index in [0.717, 1.165) is 11.7 Å². The number of fused-ring (bicyclic) bond motifs is 3. The van der Waals surface area contributed by atoms with Crippen molar-refractivity contribution >= 4 is 0 Å². The Morgan fingerprint density at radius 3 is 2.62 bits per heavy atom. The first kappa shape index (κ1) is 17.9. The van der Waals surface area contributed by atoms with Gasteiger partial charge < -0.3 is 9.84 Å². The van der Waals surface area contributed by atoms with Crippen LogP contribution in [0, 0.1) is 48.3 Å². The summed E-state index contributed by atoms with van der Waals surface area (Å²) in [5.74, 6) is 4.45. The lowest BCUT2D eigenvalue weighted by atomic mass is 9.68. The zero-order valence-corrected chi connectivity index (χ0v) is 16.1. The van der Waals surface area contributed by atoms with Crippen LogP contribution in [-0.2, 0) is 0 Å². The van der Waals surface area contributed by atoms with Gasteiger partial charge in [-0.2, -0.15) is 0 Å². The summed E-state index contributed by atoms with van der Waals surface area (Å²) < 4.78 is 6.65. The molecule has 1 aromatic carbocycles. The molecule has 8 atom stereocenters. The molecule has 0 aromatic heterocycles. The minimum atomic E-state index is 0.199. The summed E-state index contributed by atoms with van der Waals surface area (Å²) in [4.78, 5) is 0. The van der Waals surface area contributed by atoms with Crippen molar-refractivity contribution in [3.8, 4) is 5.75 Å². The van der Waals surface area contributed by atoms with E-state index in [1.54, 1.807) is 0 Å². The second-order valence-corrected chi connectivity index (χ2v) is 8.84. The first-order valence-corrected chi connectivity index (χ1v) is 10.3. The maximum atomic E-state index is 10.2. The molecular formula is C24H32O2. The first-order chi connectivity index (χ1) is 12.6. The van der Waals surface area contributed by atoms with Crippen molar-refractivity contribution in [2.24, 2.45) is 41.4 Å². The Bertz CT molecular complexity index is 661. The number of ether oxygens (including phenoxy) is 1. The molecule has 26 heavy (non-hydrogen) atoms. The third-order valence-electron chi connectivity index (χ3n) is 7.28. The highest BCUT2D eigenvalue weighted by atomic mass is 16.5. The quantitative estimate of drug-likeness (QED) is 0.771. The number of hydrogen-bond acceptors (Lipinski definition) is 2. The van der Waals surface area contributed by atoms with Crippen LogP contribution in [0.3, 0.4) is 0 Å². The van der Waals surface area contributed by atoms with E-state index in [9.17, 15) is 5.11 Å². The SMILES string of the molecule is C=C[C@H]1C=C[C@H]2[C@@H]3C[C@H](C)CC[C@H]3[C@H](Oc3ccc(C)cc3)[C@@H]2[C@H]1CO. The number of rotatable bonds is 4. The Balaban J connectivity index is 1.68. The molecule has 0 bridgehead atoms. The lowest BCUT2D eigenvalue weighted by Gasteiger charge is -2.38. The van der Waals surface area contributed by atoms with Gasteiger partial charge >= 0.3 is 0 Å². The topological polar surface area (TPSA) is 29.5 Å². The van der Waals surface area contributed by atoms with Gasteiger partial charge in [0.2, 0.25) is 0 Å². The summed E-state index contributed by atoms with van der Waals surface area (Å²) >= 11 is 0. The molecule has 1 N–H and O–H groups in total. The summed E-state index contributed by atoms with van der Waals surface area (Å²) in [5.41, 5.74) is 1.26. The van der Waals surface area contributed by atoms with E-state index < -0.39 is 0 Å². The van der Waals surface area contributed by atoms with Gasteiger partial charge in [-0.3, -0.25) is 0 Å². The molecule has 2 fully saturated rings. The lowest BCUT2D eigenvalue weighted by molar-refractivity contribution is 0.0356. The largest absolute Gasteiger partial charge is 0.490 e. The Labute approximate surface area is 158 Å². The summed E-state index contributed by atoms with van der Waals surface area (Å²) in [6.07, 6.45) is 10.8. The molecule has 3 aliphatic rings. The zero-order valence-electron chi connectivity index (χ0n) is 16.1. The van der Waals surface area contributed by atoms with Crippen LogP contribution in [0.1, 0.15) is 31.7 Å². The predicted octanol–water partition coefficient (Wildman–Crippen LogP) is 5.02. The van der Waals surface area contributed by atoms with E-state index in [0.29, 0.717) is 23.7 Å². The molecule has 0 saturated heterocycles. The lowest BCUT2D eigenvalue weighted by Crippen LogP contribution is -2.40. The van der Waals surface area contributed by atoms with Crippen molar-refractivity contribution in [3.63, 3.8) is 0 Å². The molecule has 0 aliphatic heterocycles. The van der Waals surface area contributed by atoms with Gasteiger partial charge in [-0.1, -0.05) is 49.3 Å².